The van der Waals surface area contributed by atoms with E-state index in [-0.39, 0.29) is 23.5 Å². The first-order valence-electron chi connectivity index (χ1n) is 5.95. The van der Waals surface area contributed by atoms with Crippen LogP contribution in [0.4, 0.5) is 11.4 Å². The quantitative estimate of drug-likeness (QED) is 0.507. The van der Waals surface area contributed by atoms with Crippen molar-refractivity contribution in [1.29, 1.82) is 0 Å². The lowest BCUT2D eigenvalue weighted by Gasteiger charge is -2.12. The van der Waals surface area contributed by atoms with E-state index in [1.165, 1.54) is 18.2 Å². The van der Waals surface area contributed by atoms with Crippen LogP contribution in [0.15, 0.2) is 18.2 Å². The predicted octanol–water partition coefficient (Wildman–Crippen LogP) is 1.27. The fourth-order valence-corrected chi connectivity index (χ4v) is 1.65. The number of nitrogens with zero attached hydrogens (tertiary/aromatic N) is 1. The highest BCUT2D eigenvalue weighted by Crippen LogP contribution is 2.25. The fraction of sp³-hybridized carbons (Fsp3) is 0.417. The monoisotopic (exact) mass is 267 g/mol. The maximum Gasteiger partial charge on any atom is 0.292 e. The van der Waals surface area contributed by atoms with Crippen molar-refractivity contribution in [2.75, 3.05) is 11.9 Å². The third kappa shape index (κ3) is 4.22. The van der Waals surface area contributed by atoms with Gasteiger partial charge in [0, 0.05) is 18.2 Å². The SMILES string of the molecule is CCCC(O)CNc1cc(C(N)=O)ccc1[N+](=O)[O-]. The fourth-order valence-electron chi connectivity index (χ4n) is 1.65. The molecular formula is C12H17N3O4. The average molecular weight is 267 g/mol. The smallest absolute Gasteiger partial charge is 0.292 e. The lowest BCUT2D eigenvalue weighted by Crippen LogP contribution is -2.20. The minimum Gasteiger partial charge on any atom is -0.391 e. The molecule has 0 saturated carbocycles. The number of nitro benzene ring substituents is 1. The third-order valence-electron chi connectivity index (χ3n) is 2.63. The van der Waals surface area contributed by atoms with Crippen LogP contribution in [0.5, 0.6) is 0 Å². The van der Waals surface area contributed by atoms with E-state index in [0.29, 0.717) is 6.42 Å². The van der Waals surface area contributed by atoms with Gasteiger partial charge < -0.3 is 16.2 Å². The van der Waals surface area contributed by atoms with Gasteiger partial charge in [0.2, 0.25) is 5.91 Å². The van der Waals surface area contributed by atoms with Crippen LogP contribution in [-0.2, 0) is 0 Å². The average Bonchev–Trinajstić information content (AvgIpc) is 2.36. The van der Waals surface area contributed by atoms with Gasteiger partial charge in [-0.05, 0) is 18.6 Å². The number of hydrogen-bond acceptors (Lipinski definition) is 5. The van der Waals surface area contributed by atoms with Crippen molar-refractivity contribution in [3.8, 4) is 0 Å². The second-order valence-corrected chi connectivity index (χ2v) is 4.18. The number of nitrogens with one attached hydrogen (secondary N) is 1. The first-order chi connectivity index (χ1) is 8.95. The number of aliphatic hydroxyl groups excluding tert-OH is 1. The summed E-state index contributed by atoms with van der Waals surface area (Å²) in [5, 5.41) is 23.2. The first-order valence-corrected chi connectivity index (χ1v) is 5.95. The van der Waals surface area contributed by atoms with Gasteiger partial charge in [0.15, 0.2) is 0 Å². The van der Waals surface area contributed by atoms with Crippen LogP contribution in [0.2, 0.25) is 0 Å². The molecule has 1 rings (SSSR count). The van der Waals surface area contributed by atoms with Crippen LogP contribution < -0.4 is 11.1 Å². The molecule has 1 amide bonds. The molecule has 4 N–H and O–H groups in total. The molecule has 104 valence electrons. The van der Waals surface area contributed by atoms with E-state index >= 15 is 0 Å². The van der Waals surface area contributed by atoms with E-state index in [0.717, 1.165) is 6.42 Å². The van der Waals surface area contributed by atoms with Crippen LogP contribution in [0.3, 0.4) is 0 Å². The number of amides is 1. The molecule has 0 aliphatic carbocycles. The summed E-state index contributed by atoms with van der Waals surface area (Å²) < 4.78 is 0. The van der Waals surface area contributed by atoms with Crippen molar-refractivity contribution in [2.24, 2.45) is 5.73 Å². The van der Waals surface area contributed by atoms with E-state index in [4.69, 9.17) is 5.73 Å². The number of hydrogen-bond donors (Lipinski definition) is 3. The summed E-state index contributed by atoms with van der Waals surface area (Å²) in [6.45, 7) is 2.11. The number of carbonyl (C=O) groups excluding carboxylic acids is 1. The molecule has 0 aromatic heterocycles. The van der Waals surface area contributed by atoms with Gasteiger partial charge in [-0.15, -0.1) is 0 Å². The molecular weight excluding hydrogens is 250 g/mol. The molecule has 0 heterocycles. The second-order valence-electron chi connectivity index (χ2n) is 4.18. The maximum absolute atomic E-state index is 11.1. The van der Waals surface area contributed by atoms with Crippen molar-refractivity contribution in [2.45, 2.75) is 25.9 Å². The Morgan fingerprint density at radius 2 is 2.26 bits per heavy atom. The van der Waals surface area contributed by atoms with Crippen LogP contribution >= 0.6 is 0 Å². The number of anilines is 1. The number of benzene rings is 1. The zero-order chi connectivity index (χ0) is 14.4. The molecule has 1 aromatic rings. The molecule has 0 radical (unpaired) electrons. The summed E-state index contributed by atoms with van der Waals surface area (Å²) in [6.07, 6.45) is 0.810. The molecule has 0 aliphatic rings. The Morgan fingerprint density at radius 1 is 1.58 bits per heavy atom. The van der Waals surface area contributed by atoms with Gasteiger partial charge >= 0.3 is 0 Å². The summed E-state index contributed by atoms with van der Waals surface area (Å²) in [5.74, 6) is -0.660. The summed E-state index contributed by atoms with van der Waals surface area (Å²) in [5.41, 5.74) is 5.32. The standard InChI is InChI=1S/C12H17N3O4/c1-2-3-9(16)7-14-10-6-8(12(13)17)4-5-11(10)15(18)19/h4-6,9,14,16H,2-3,7H2,1H3,(H2,13,17). The maximum atomic E-state index is 11.1. The van der Waals surface area contributed by atoms with Gasteiger partial charge in [0.1, 0.15) is 5.69 Å². The molecule has 1 atom stereocenters. The Bertz CT molecular complexity index is 476. The lowest BCUT2D eigenvalue weighted by atomic mass is 10.1. The van der Waals surface area contributed by atoms with E-state index in [1.54, 1.807) is 0 Å². The van der Waals surface area contributed by atoms with Gasteiger partial charge in [-0.25, -0.2) is 0 Å². The van der Waals surface area contributed by atoms with E-state index in [2.05, 4.69) is 5.32 Å². The minimum atomic E-state index is -0.660. The van der Waals surface area contributed by atoms with E-state index < -0.39 is 16.9 Å². The van der Waals surface area contributed by atoms with Crippen molar-refractivity contribution < 1.29 is 14.8 Å². The highest BCUT2D eigenvalue weighted by atomic mass is 16.6. The molecule has 7 heteroatoms. The predicted molar refractivity (Wildman–Crippen MR) is 71.0 cm³/mol. The van der Waals surface area contributed by atoms with Crippen molar-refractivity contribution in [3.05, 3.63) is 33.9 Å². The van der Waals surface area contributed by atoms with Crippen molar-refractivity contribution >= 4 is 17.3 Å². The van der Waals surface area contributed by atoms with Crippen LogP contribution in [0.1, 0.15) is 30.1 Å². The number of aliphatic hydroxyl groups is 1. The summed E-state index contributed by atoms with van der Waals surface area (Å²) in [7, 11) is 0. The Balaban J connectivity index is 2.91. The van der Waals surface area contributed by atoms with Gasteiger partial charge in [0.25, 0.3) is 5.69 Å². The Morgan fingerprint density at radius 3 is 2.79 bits per heavy atom. The van der Waals surface area contributed by atoms with Gasteiger partial charge in [-0.1, -0.05) is 13.3 Å². The van der Waals surface area contributed by atoms with Gasteiger partial charge in [0.05, 0.1) is 11.0 Å². The Labute approximate surface area is 110 Å². The molecule has 0 fully saturated rings. The minimum absolute atomic E-state index is 0.159. The zero-order valence-corrected chi connectivity index (χ0v) is 10.6. The van der Waals surface area contributed by atoms with Crippen molar-refractivity contribution in [3.63, 3.8) is 0 Å². The molecule has 0 bridgehead atoms. The summed E-state index contributed by atoms with van der Waals surface area (Å²) in [6, 6.07) is 3.84. The topological polar surface area (TPSA) is 118 Å². The van der Waals surface area contributed by atoms with E-state index in [1.807, 2.05) is 6.92 Å². The van der Waals surface area contributed by atoms with Gasteiger partial charge in [-0.3, -0.25) is 14.9 Å². The Hall–Kier alpha value is -2.15. The van der Waals surface area contributed by atoms with Crippen LogP contribution in [0.25, 0.3) is 0 Å². The van der Waals surface area contributed by atoms with Gasteiger partial charge in [-0.2, -0.15) is 0 Å². The summed E-state index contributed by atoms with van der Waals surface area (Å²) >= 11 is 0. The number of nitrogens with two attached hydrogens (primary N) is 1. The molecule has 0 spiro atoms. The number of primary amides is 1. The highest BCUT2D eigenvalue weighted by Gasteiger charge is 2.16. The highest BCUT2D eigenvalue weighted by molar-refractivity contribution is 5.94. The second kappa shape index (κ2) is 6.69. The largest absolute Gasteiger partial charge is 0.391 e. The van der Waals surface area contributed by atoms with E-state index in [9.17, 15) is 20.0 Å². The normalized spacial score (nSPS) is 11.9. The van der Waals surface area contributed by atoms with Crippen LogP contribution in [-0.4, -0.2) is 28.6 Å². The lowest BCUT2D eigenvalue weighted by molar-refractivity contribution is -0.384. The molecule has 0 aliphatic heterocycles. The molecule has 0 saturated heterocycles. The first kappa shape index (κ1) is 14.9. The summed E-state index contributed by atoms with van der Waals surface area (Å²) in [4.78, 5) is 21.4. The zero-order valence-electron chi connectivity index (χ0n) is 10.6. The Kier molecular flexibility index (Phi) is 5.25. The third-order valence-corrected chi connectivity index (χ3v) is 2.63. The number of nitro groups is 1. The molecule has 1 unspecified atom stereocenters. The molecule has 1 aromatic carbocycles. The number of rotatable bonds is 7. The molecule has 19 heavy (non-hydrogen) atoms. The number of carbonyl (C=O) groups is 1. The molecule has 7 nitrogen and oxygen atoms in total. The van der Waals surface area contributed by atoms with Crippen molar-refractivity contribution in [1.82, 2.24) is 0 Å². The van der Waals surface area contributed by atoms with Crippen LogP contribution in [0, 0.1) is 10.1 Å².